The molecular weight excluding hydrogens is 242 g/mol. The minimum absolute atomic E-state index is 0.431. The zero-order valence-corrected chi connectivity index (χ0v) is 9.00. The molecule has 1 N–H and O–H groups in total. The number of nitriles is 2. The van der Waals surface area contributed by atoms with Gasteiger partial charge in [0.1, 0.15) is 6.07 Å². The van der Waals surface area contributed by atoms with Crippen molar-refractivity contribution in [3.05, 3.63) is 28.2 Å². The van der Waals surface area contributed by atoms with E-state index < -0.39 is 0 Å². The van der Waals surface area contributed by atoms with Gasteiger partial charge in [0.05, 0.1) is 23.7 Å². The van der Waals surface area contributed by atoms with Crippen LogP contribution in [0.15, 0.2) is 22.7 Å². The Balaban J connectivity index is 2.78. The molecule has 0 fully saturated rings. The lowest BCUT2D eigenvalue weighted by Gasteiger charge is -2.05. The molecule has 0 spiro atoms. The van der Waals surface area contributed by atoms with Crippen molar-refractivity contribution in [3.8, 4) is 12.1 Å². The van der Waals surface area contributed by atoms with Crippen LogP contribution in [0.2, 0.25) is 0 Å². The summed E-state index contributed by atoms with van der Waals surface area (Å²) in [4.78, 5) is 0. The van der Waals surface area contributed by atoms with Crippen molar-refractivity contribution in [1.82, 2.24) is 0 Å². The van der Waals surface area contributed by atoms with Crippen molar-refractivity contribution in [3.63, 3.8) is 0 Å². The molecule has 3 nitrogen and oxygen atoms in total. The molecule has 0 saturated carbocycles. The Hall–Kier alpha value is -1.52. The fraction of sp³-hybridized carbons (Fsp3) is 0.200. The molecule has 0 heterocycles. The summed E-state index contributed by atoms with van der Waals surface area (Å²) < 4.78 is 0.875. The van der Waals surface area contributed by atoms with Crippen LogP contribution in [0.5, 0.6) is 0 Å². The van der Waals surface area contributed by atoms with Crippen LogP contribution in [0.1, 0.15) is 12.0 Å². The Kier molecular flexibility index (Phi) is 3.97. The highest BCUT2D eigenvalue weighted by Gasteiger charge is 2.00. The van der Waals surface area contributed by atoms with Crippen LogP contribution in [0.25, 0.3) is 0 Å². The zero-order chi connectivity index (χ0) is 10.4. The van der Waals surface area contributed by atoms with Gasteiger partial charge in [0.25, 0.3) is 0 Å². The number of nitrogens with one attached hydrogen (secondary N) is 1. The summed E-state index contributed by atoms with van der Waals surface area (Å²) in [6.07, 6.45) is 0.431. The van der Waals surface area contributed by atoms with E-state index in [1.807, 2.05) is 18.2 Å². The third-order valence-corrected chi connectivity index (χ3v) is 2.15. The smallest absolute Gasteiger partial charge is 0.101 e. The second kappa shape index (κ2) is 5.26. The molecule has 0 aromatic heterocycles. The first-order valence-corrected chi connectivity index (χ1v) is 4.87. The number of rotatable bonds is 3. The molecule has 0 saturated heterocycles. The van der Waals surface area contributed by atoms with Gasteiger partial charge in [-0.15, -0.1) is 0 Å². The summed E-state index contributed by atoms with van der Waals surface area (Å²) in [5.41, 5.74) is 1.35. The van der Waals surface area contributed by atoms with Crippen LogP contribution < -0.4 is 5.32 Å². The van der Waals surface area contributed by atoms with Crippen LogP contribution in [-0.2, 0) is 0 Å². The minimum atomic E-state index is 0.431. The van der Waals surface area contributed by atoms with Gasteiger partial charge in [-0.25, -0.2) is 0 Å². The van der Waals surface area contributed by atoms with Gasteiger partial charge >= 0.3 is 0 Å². The highest BCUT2D eigenvalue weighted by molar-refractivity contribution is 9.10. The first-order chi connectivity index (χ1) is 6.77. The SMILES string of the molecule is N#CCCNc1ccc(Br)cc1C#N. The van der Waals surface area contributed by atoms with E-state index in [9.17, 15) is 0 Å². The molecule has 0 aliphatic carbocycles. The number of anilines is 1. The van der Waals surface area contributed by atoms with E-state index in [0.29, 0.717) is 18.5 Å². The molecule has 1 aromatic carbocycles. The summed E-state index contributed by atoms with van der Waals surface area (Å²) in [7, 11) is 0. The van der Waals surface area contributed by atoms with Crippen molar-refractivity contribution < 1.29 is 0 Å². The van der Waals surface area contributed by atoms with Crippen molar-refractivity contribution in [1.29, 1.82) is 10.5 Å². The van der Waals surface area contributed by atoms with Crippen molar-refractivity contribution in [2.75, 3.05) is 11.9 Å². The number of nitrogens with zero attached hydrogens (tertiary/aromatic N) is 2. The minimum Gasteiger partial charge on any atom is -0.383 e. The van der Waals surface area contributed by atoms with E-state index in [1.165, 1.54) is 0 Å². The molecule has 70 valence electrons. The lowest BCUT2D eigenvalue weighted by Crippen LogP contribution is -2.01. The summed E-state index contributed by atoms with van der Waals surface area (Å²) in [5.74, 6) is 0. The molecule has 0 atom stereocenters. The van der Waals surface area contributed by atoms with Gasteiger partial charge in [0.15, 0.2) is 0 Å². The normalized spacial score (nSPS) is 8.79. The van der Waals surface area contributed by atoms with Gasteiger partial charge in [-0.05, 0) is 18.2 Å². The number of halogens is 1. The first kappa shape index (κ1) is 10.6. The molecule has 0 amide bonds. The maximum absolute atomic E-state index is 8.82. The quantitative estimate of drug-likeness (QED) is 0.839. The Morgan fingerprint density at radius 2 is 2.14 bits per heavy atom. The lowest BCUT2D eigenvalue weighted by atomic mass is 10.2. The van der Waals surface area contributed by atoms with Crippen molar-refractivity contribution in [2.45, 2.75) is 6.42 Å². The molecule has 0 aliphatic heterocycles. The molecule has 0 aliphatic rings. The Bertz CT molecular complexity index is 401. The van der Waals surface area contributed by atoms with Gasteiger partial charge in [-0.3, -0.25) is 0 Å². The van der Waals surface area contributed by atoms with Crippen LogP contribution in [0.4, 0.5) is 5.69 Å². The predicted octanol–water partition coefficient (Wildman–Crippen LogP) is 2.65. The van der Waals surface area contributed by atoms with E-state index in [1.54, 1.807) is 6.07 Å². The molecule has 1 rings (SSSR count). The lowest BCUT2D eigenvalue weighted by molar-refractivity contribution is 1.07. The van der Waals surface area contributed by atoms with Gasteiger partial charge in [0.2, 0.25) is 0 Å². The van der Waals surface area contributed by atoms with Crippen LogP contribution in [0, 0.1) is 22.7 Å². The van der Waals surface area contributed by atoms with Gasteiger partial charge in [-0.1, -0.05) is 15.9 Å². The fourth-order valence-electron chi connectivity index (χ4n) is 1.02. The fourth-order valence-corrected chi connectivity index (χ4v) is 1.38. The second-order valence-corrected chi connectivity index (χ2v) is 3.55. The van der Waals surface area contributed by atoms with E-state index >= 15 is 0 Å². The topological polar surface area (TPSA) is 59.6 Å². The molecule has 4 heteroatoms. The molecule has 0 bridgehead atoms. The van der Waals surface area contributed by atoms with E-state index in [0.717, 1.165) is 10.2 Å². The maximum Gasteiger partial charge on any atom is 0.101 e. The third kappa shape index (κ3) is 2.76. The van der Waals surface area contributed by atoms with Gasteiger partial charge in [0, 0.05) is 11.0 Å². The van der Waals surface area contributed by atoms with Crippen LogP contribution in [0.3, 0.4) is 0 Å². The number of hydrogen-bond acceptors (Lipinski definition) is 3. The highest BCUT2D eigenvalue weighted by atomic mass is 79.9. The van der Waals surface area contributed by atoms with Gasteiger partial charge in [-0.2, -0.15) is 10.5 Å². The second-order valence-electron chi connectivity index (χ2n) is 2.64. The molecular formula is C10H8BrN3. The van der Waals surface area contributed by atoms with E-state index in [4.69, 9.17) is 10.5 Å². The van der Waals surface area contributed by atoms with Crippen molar-refractivity contribution >= 4 is 21.6 Å². The van der Waals surface area contributed by atoms with E-state index in [-0.39, 0.29) is 0 Å². The predicted molar refractivity (Wildman–Crippen MR) is 57.6 cm³/mol. The summed E-state index contributed by atoms with van der Waals surface area (Å²) >= 11 is 3.29. The largest absolute Gasteiger partial charge is 0.383 e. The maximum atomic E-state index is 8.82. The molecule has 0 unspecified atom stereocenters. The summed E-state index contributed by atoms with van der Waals surface area (Å²) in [5, 5.41) is 20.2. The van der Waals surface area contributed by atoms with Crippen LogP contribution >= 0.6 is 15.9 Å². The standard InChI is InChI=1S/C10H8BrN3/c11-9-2-3-10(8(6-9)7-13)14-5-1-4-12/h2-3,6,14H,1,5H2. The van der Waals surface area contributed by atoms with E-state index in [2.05, 4.69) is 27.3 Å². The number of benzene rings is 1. The van der Waals surface area contributed by atoms with Gasteiger partial charge < -0.3 is 5.32 Å². The molecule has 0 radical (unpaired) electrons. The van der Waals surface area contributed by atoms with Crippen LogP contribution in [-0.4, -0.2) is 6.54 Å². The van der Waals surface area contributed by atoms with Crippen molar-refractivity contribution in [2.24, 2.45) is 0 Å². The Morgan fingerprint density at radius 3 is 2.79 bits per heavy atom. The summed E-state index contributed by atoms with van der Waals surface area (Å²) in [6.45, 7) is 0.562. The zero-order valence-electron chi connectivity index (χ0n) is 7.42. The Labute approximate surface area is 91.1 Å². The molecule has 14 heavy (non-hydrogen) atoms. The monoisotopic (exact) mass is 249 g/mol. The summed E-state index contributed by atoms with van der Waals surface area (Å²) in [6, 6.07) is 9.54. The number of hydrogen-bond donors (Lipinski definition) is 1. The Morgan fingerprint density at radius 1 is 1.36 bits per heavy atom. The average molecular weight is 250 g/mol. The molecule has 1 aromatic rings. The highest BCUT2D eigenvalue weighted by Crippen LogP contribution is 2.19. The first-order valence-electron chi connectivity index (χ1n) is 4.08. The third-order valence-electron chi connectivity index (χ3n) is 1.65. The average Bonchev–Trinajstić information content (AvgIpc) is 2.20.